The Morgan fingerprint density at radius 3 is 2.78 bits per heavy atom. The summed E-state index contributed by atoms with van der Waals surface area (Å²) in [7, 11) is 0. The Morgan fingerprint density at radius 2 is 2.09 bits per heavy atom. The topological polar surface area (TPSA) is 79.8 Å². The molecule has 2 rings (SSSR count). The summed E-state index contributed by atoms with van der Waals surface area (Å²) in [6.07, 6.45) is 2.55. The van der Waals surface area contributed by atoms with E-state index < -0.39 is 0 Å². The van der Waals surface area contributed by atoms with Crippen molar-refractivity contribution in [1.29, 1.82) is 0 Å². The molecule has 1 aromatic heterocycles. The Labute approximate surface area is 138 Å². The molecule has 0 saturated heterocycles. The van der Waals surface area contributed by atoms with E-state index in [0.29, 0.717) is 29.4 Å². The summed E-state index contributed by atoms with van der Waals surface area (Å²) in [5, 5.41) is 5.96. The number of anilines is 2. The molecule has 23 heavy (non-hydrogen) atoms. The summed E-state index contributed by atoms with van der Waals surface area (Å²) < 4.78 is 13.7. The van der Waals surface area contributed by atoms with Gasteiger partial charge in [-0.1, -0.05) is 17.7 Å². The fourth-order valence-electron chi connectivity index (χ4n) is 1.97. The van der Waals surface area contributed by atoms with E-state index in [2.05, 4.69) is 25.6 Å². The lowest BCUT2D eigenvalue weighted by Gasteiger charge is -2.14. The summed E-state index contributed by atoms with van der Waals surface area (Å²) in [6.45, 7) is 3.32. The number of carbonyl (C=O) groups excluding carboxylic acids is 1. The molecule has 0 saturated carbocycles. The van der Waals surface area contributed by atoms with Crippen LogP contribution in [0.5, 0.6) is 0 Å². The minimum absolute atomic E-state index is 0.0117. The van der Waals surface area contributed by atoms with Gasteiger partial charge in [0.1, 0.15) is 12.1 Å². The minimum Gasteiger partial charge on any atom is -0.352 e. The first-order valence-corrected chi connectivity index (χ1v) is 7.49. The van der Waals surface area contributed by atoms with Gasteiger partial charge in [0.15, 0.2) is 0 Å². The van der Waals surface area contributed by atoms with Crippen molar-refractivity contribution >= 4 is 29.4 Å². The van der Waals surface area contributed by atoms with Crippen LogP contribution in [0.3, 0.4) is 0 Å². The van der Waals surface area contributed by atoms with Crippen molar-refractivity contribution in [3.8, 4) is 0 Å². The summed E-state index contributed by atoms with van der Waals surface area (Å²) in [5.74, 6) is -0.0232. The van der Waals surface area contributed by atoms with Gasteiger partial charge in [-0.2, -0.15) is 4.98 Å². The van der Waals surface area contributed by atoms with Crippen molar-refractivity contribution in [1.82, 2.24) is 15.0 Å². The average molecular weight is 338 g/mol. The molecule has 6 nitrogen and oxygen atoms in total. The molecule has 0 fully saturated rings. The fourth-order valence-corrected chi connectivity index (χ4v) is 2.13. The molecule has 0 aliphatic heterocycles. The van der Waals surface area contributed by atoms with Gasteiger partial charge in [0.2, 0.25) is 17.8 Å². The fraction of sp³-hybridized carbons (Fsp3) is 0.333. The molecule has 0 bridgehead atoms. The number of aryl methyl sites for hydroxylation is 1. The molecule has 0 aliphatic carbocycles. The lowest BCUT2D eigenvalue weighted by molar-refractivity contribution is -0.114. The van der Waals surface area contributed by atoms with E-state index in [0.717, 1.165) is 0 Å². The zero-order chi connectivity index (χ0) is 16.8. The molecule has 0 spiro atoms. The molecule has 2 N–H and O–H groups in total. The van der Waals surface area contributed by atoms with Crippen molar-refractivity contribution < 1.29 is 9.18 Å². The van der Waals surface area contributed by atoms with Gasteiger partial charge in [-0.05, 0) is 37.5 Å². The number of hydrogen-bond donors (Lipinski definition) is 2. The molecule has 1 atom stereocenters. The van der Waals surface area contributed by atoms with Crippen LogP contribution in [0.1, 0.15) is 25.8 Å². The Balaban J connectivity index is 1.91. The van der Waals surface area contributed by atoms with Crippen molar-refractivity contribution in [2.75, 3.05) is 10.6 Å². The van der Waals surface area contributed by atoms with E-state index >= 15 is 0 Å². The maximum Gasteiger partial charge on any atom is 0.234 e. The van der Waals surface area contributed by atoms with Gasteiger partial charge in [-0.15, -0.1) is 0 Å². The molecule has 2 aromatic rings. The molecule has 1 heterocycles. The third kappa shape index (κ3) is 5.45. The van der Waals surface area contributed by atoms with Gasteiger partial charge < -0.3 is 5.32 Å². The van der Waals surface area contributed by atoms with Crippen LogP contribution in [0, 0.1) is 5.82 Å². The van der Waals surface area contributed by atoms with Crippen molar-refractivity contribution in [3.05, 3.63) is 40.9 Å². The van der Waals surface area contributed by atoms with Crippen LogP contribution in [-0.4, -0.2) is 26.9 Å². The van der Waals surface area contributed by atoms with Crippen LogP contribution >= 0.6 is 11.6 Å². The zero-order valence-corrected chi connectivity index (χ0v) is 13.6. The molecule has 1 amide bonds. The second-order valence-corrected chi connectivity index (χ2v) is 5.57. The summed E-state index contributed by atoms with van der Waals surface area (Å²) in [4.78, 5) is 22.9. The first-order chi connectivity index (χ1) is 10.9. The third-order valence-corrected chi connectivity index (χ3v) is 3.33. The van der Waals surface area contributed by atoms with Crippen LogP contribution in [0.2, 0.25) is 5.02 Å². The lowest BCUT2D eigenvalue weighted by Crippen LogP contribution is -2.19. The lowest BCUT2D eigenvalue weighted by atomic mass is 10.1. The highest BCUT2D eigenvalue weighted by molar-refractivity contribution is 6.30. The van der Waals surface area contributed by atoms with Crippen LogP contribution in [0.25, 0.3) is 0 Å². The minimum atomic E-state index is -0.308. The number of aromatic nitrogens is 3. The first kappa shape index (κ1) is 17.1. The molecular formula is C15H17ClFN5O. The van der Waals surface area contributed by atoms with E-state index in [1.54, 1.807) is 12.1 Å². The molecule has 1 aromatic carbocycles. The molecule has 1 unspecified atom stereocenters. The van der Waals surface area contributed by atoms with Gasteiger partial charge in [0.05, 0.1) is 0 Å². The van der Waals surface area contributed by atoms with Crippen molar-refractivity contribution in [3.63, 3.8) is 0 Å². The highest BCUT2D eigenvalue weighted by atomic mass is 35.5. The number of benzene rings is 1. The van der Waals surface area contributed by atoms with E-state index in [-0.39, 0.29) is 23.7 Å². The van der Waals surface area contributed by atoms with Crippen LogP contribution < -0.4 is 10.6 Å². The number of amides is 1. The number of nitrogens with one attached hydrogen (secondary N) is 2. The monoisotopic (exact) mass is 337 g/mol. The summed E-state index contributed by atoms with van der Waals surface area (Å²) in [5.41, 5.74) is 0.609. The number of nitrogens with zero attached hydrogens (tertiary/aromatic N) is 3. The largest absolute Gasteiger partial charge is 0.352 e. The second kappa shape index (κ2) is 7.82. The predicted molar refractivity (Wildman–Crippen MR) is 86.9 cm³/mol. The first-order valence-electron chi connectivity index (χ1n) is 7.11. The van der Waals surface area contributed by atoms with Gasteiger partial charge >= 0.3 is 0 Å². The van der Waals surface area contributed by atoms with Crippen LogP contribution in [0.4, 0.5) is 16.3 Å². The second-order valence-electron chi connectivity index (χ2n) is 5.13. The maximum atomic E-state index is 13.7. The van der Waals surface area contributed by atoms with E-state index in [1.807, 2.05) is 6.92 Å². The Hall–Kier alpha value is -2.28. The zero-order valence-electron chi connectivity index (χ0n) is 12.8. The molecule has 0 aliphatic rings. The quantitative estimate of drug-likeness (QED) is 0.846. The van der Waals surface area contributed by atoms with Gasteiger partial charge in [-0.25, -0.2) is 14.4 Å². The molecule has 122 valence electrons. The Kier molecular flexibility index (Phi) is 5.81. The van der Waals surface area contributed by atoms with Gasteiger partial charge in [-0.3, -0.25) is 10.1 Å². The van der Waals surface area contributed by atoms with E-state index in [9.17, 15) is 9.18 Å². The Morgan fingerprint density at radius 1 is 1.35 bits per heavy atom. The van der Waals surface area contributed by atoms with Crippen molar-refractivity contribution in [2.45, 2.75) is 32.7 Å². The highest BCUT2D eigenvalue weighted by Gasteiger charge is 2.09. The third-order valence-electron chi connectivity index (χ3n) is 3.10. The van der Waals surface area contributed by atoms with Crippen LogP contribution in [0.15, 0.2) is 24.5 Å². The average Bonchev–Trinajstić information content (AvgIpc) is 2.46. The standard InChI is InChI=1S/C15H17ClFN5O/c1-9(3-4-11-5-6-12(16)7-13(11)17)20-14-18-8-19-15(22-14)21-10(2)23/h5-9H,3-4H2,1-2H3,(H2,18,19,20,21,22,23). The molecule has 0 radical (unpaired) electrons. The number of hydrogen-bond acceptors (Lipinski definition) is 5. The molecular weight excluding hydrogens is 321 g/mol. The Bertz CT molecular complexity index is 697. The smallest absolute Gasteiger partial charge is 0.234 e. The predicted octanol–water partition coefficient (Wildman–Crippen LogP) is 3.06. The highest BCUT2D eigenvalue weighted by Crippen LogP contribution is 2.17. The van der Waals surface area contributed by atoms with Gasteiger partial charge in [0, 0.05) is 18.0 Å². The van der Waals surface area contributed by atoms with Crippen molar-refractivity contribution in [2.24, 2.45) is 0 Å². The maximum absolute atomic E-state index is 13.7. The molecule has 8 heteroatoms. The van der Waals surface area contributed by atoms with E-state index in [4.69, 9.17) is 11.6 Å². The number of rotatable bonds is 6. The summed E-state index contributed by atoms with van der Waals surface area (Å²) in [6, 6.07) is 4.67. The number of halogens is 2. The van der Waals surface area contributed by atoms with E-state index in [1.165, 1.54) is 19.3 Å². The SMILES string of the molecule is CC(=O)Nc1ncnc(NC(C)CCc2ccc(Cl)cc2F)n1. The van der Waals surface area contributed by atoms with Crippen LogP contribution in [-0.2, 0) is 11.2 Å². The normalized spacial score (nSPS) is 11.8. The number of carbonyl (C=O) groups is 1. The summed E-state index contributed by atoms with van der Waals surface area (Å²) >= 11 is 5.73. The van der Waals surface area contributed by atoms with Gasteiger partial charge in [0.25, 0.3) is 0 Å².